The van der Waals surface area contributed by atoms with Gasteiger partial charge in [-0.3, -0.25) is 4.98 Å². The van der Waals surface area contributed by atoms with E-state index in [0.717, 1.165) is 5.56 Å². The van der Waals surface area contributed by atoms with Crippen LogP contribution in [0.15, 0.2) is 18.5 Å². The molecule has 3 heteroatoms. The molecule has 0 bridgehead atoms. The second kappa shape index (κ2) is 4.07. The van der Waals surface area contributed by atoms with E-state index in [1.807, 2.05) is 19.9 Å². The van der Waals surface area contributed by atoms with Crippen molar-refractivity contribution in [3.63, 3.8) is 0 Å². The number of ether oxygens (including phenoxy) is 1. The molecule has 1 aromatic rings. The lowest BCUT2D eigenvalue weighted by Gasteiger charge is -2.08. The minimum absolute atomic E-state index is 0.234. The van der Waals surface area contributed by atoms with Crippen LogP contribution >= 0.6 is 0 Å². The standard InChI is InChI=1S/C9H14N2O/c1-7(2)12-6-8-3-4-11-5-9(8)10/h3-5,7H,6,10H2,1-2H3. The molecule has 0 spiro atoms. The van der Waals surface area contributed by atoms with Crippen molar-refractivity contribution in [1.29, 1.82) is 0 Å². The lowest BCUT2D eigenvalue weighted by Crippen LogP contribution is -2.04. The summed E-state index contributed by atoms with van der Waals surface area (Å²) >= 11 is 0. The molecule has 66 valence electrons. The molecule has 0 aliphatic carbocycles. The van der Waals surface area contributed by atoms with Gasteiger partial charge in [0.2, 0.25) is 0 Å². The molecule has 0 fully saturated rings. The zero-order valence-electron chi connectivity index (χ0n) is 7.45. The van der Waals surface area contributed by atoms with Crippen LogP contribution in [0.25, 0.3) is 0 Å². The Morgan fingerprint density at radius 1 is 1.58 bits per heavy atom. The SMILES string of the molecule is CC(C)OCc1ccncc1N. The van der Waals surface area contributed by atoms with Gasteiger partial charge in [0.05, 0.1) is 24.6 Å². The molecule has 0 atom stereocenters. The molecule has 0 saturated carbocycles. The van der Waals surface area contributed by atoms with Gasteiger partial charge in [0.15, 0.2) is 0 Å². The maximum atomic E-state index is 5.66. The average molecular weight is 166 g/mol. The molecule has 0 aliphatic rings. The highest BCUT2D eigenvalue weighted by molar-refractivity contribution is 5.43. The highest BCUT2D eigenvalue weighted by Crippen LogP contribution is 2.10. The molecule has 1 heterocycles. The number of anilines is 1. The number of pyridine rings is 1. The van der Waals surface area contributed by atoms with Crippen LogP contribution in [0.4, 0.5) is 5.69 Å². The van der Waals surface area contributed by atoms with E-state index in [4.69, 9.17) is 10.5 Å². The van der Waals surface area contributed by atoms with Crippen LogP contribution < -0.4 is 5.73 Å². The van der Waals surface area contributed by atoms with Crippen molar-refractivity contribution >= 4 is 5.69 Å². The summed E-state index contributed by atoms with van der Waals surface area (Å²) in [5.41, 5.74) is 7.36. The third-order valence-electron chi connectivity index (χ3n) is 1.52. The number of nitrogens with zero attached hydrogens (tertiary/aromatic N) is 1. The highest BCUT2D eigenvalue weighted by atomic mass is 16.5. The van der Waals surface area contributed by atoms with Gasteiger partial charge in [-0.15, -0.1) is 0 Å². The van der Waals surface area contributed by atoms with Crippen LogP contribution in [0.2, 0.25) is 0 Å². The summed E-state index contributed by atoms with van der Waals surface area (Å²) in [5.74, 6) is 0. The van der Waals surface area contributed by atoms with E-state index in [1.165, 1.54) is 0 Å². The van der Waals surface area contributed by atoms with Crippen molar-refractivity contribution in [2.45, 2.75) is 26.6 Å². The molecule has 1 rings (SSSR count). The zero-order valence-corrected chi connectivity index (χ0v) is 7.45. The molecule has 3 nitrogen and oxygen atoms in total. The number of hydrogen-bond donors (Lipinski definition) is 1. The quantitative estimate of drug-likeness (QED) is 0.741. The zero-order chi connectivity index (χ0) is 8.97. The van der Waals surface area contributed by atoms with Gasteiger partial charge in [0.1, 0.15) is 0 Å². The molecular formula is C9H14N2O. The van der Waals surface area contributed by atoms with Crippen molar-refractivity contribution in [3.05, 3.63) is 24.0 Å². The first-order valence-corrected chi connectivity index (χ1v) is 4.00. The maximum Gasteiger partial charge on any atom is 0.0741 e. The largest absolute Gasteiger partial charge is 0.397 e. The number of nitrogen functional groups attached to an aromatic ring is 1. The molecular weight excluding hydrogens is 152 g/mol. The Morgan fingerprint density at radius 2 is 2.33 bits per heavy atom. The fourth-order valence-corrected chi connectivity index (χ4v) is 0.823. The maximum absolute atomic E-state index is 5.66. The van der Waals surface area contributed by atoms with E-state index in [2.05, 4.69) is 4.98 Å². The summed E-state index contributed by atoms with van der Waals surface area (Å²) in [4.78, 5) is 3.89. The molecule has 0 aromatic carbocycles. The molecule has 2 N–H and O–H groups in total. The Morgan fingerprint density at radius 3 is 2.92 bits per heavy atom. The van der Waals surface area contributed by atoms with Gasteiger partial charge in [-0.25, -0.2) is 0 Å². The van der Waals surface area contributed by atoms with E-state index in [1.54, 1.807) is 12.4 Å². The molecule has 0 amide bonds. The monoisotopic (exact) mass is 166 g/mol. The summed E-state index contributed by atoms with van der Waals surface area (Å²) in [6.45, 7) is 4.56. The van der Waals surface area contributed by atoms with Crippen LogP contribution in [0.3, 0.4) is 0 Å². The van der Waals surface area contributed by atoms with Crippen LogP contribution in [0.1, 0.15) is 19.4 Å². The van der Waals surface area contributed by atoms with Gasteiger partial charge in [0, 0.05) is 11.8 Å². The smallest absolute Gasteiger partial charge is 0.0741 e. The third-order valence-corrected chi connectivity index (χ3v) is 1.52. The second-order valence-electron chi connectivity index (χ2n) is 2.93. The van der Waals surface area contributed by atoms with Crippen molar-refractivity contribution < 1.29 is 4.74 Å². The van der Waals surface area contributed by atoms with Gasteiger partial charge in [-0.2, -0.15) is 0 Å². The number of hydrogen-bond acceptors (Lipinski definition) is 3. The van der Waals surface area contributed by atoms with Crippen LogP contribution in [-0.4, -0.2) is 11.1 Å². The fourth-order valence-electron chi connectivity index (χ4n) is 0.823. The summed E-state index contributed by atoms with van der Waals surface area (Å²) in [6.07, 6.45) is 3.59. The highest BCUT2D eigenvalue weighted by Gasteiger charge is 1.99. The van der Waals surface area contributed by atoms with Crippen LogP contribution in [0, 0.1) is 0 Å². The fraction of sp³-hybridized carbons (Fsp3) is 0.444. The van der Waals surface area contributed by atoms with Crippen molar-refractivity contribution in [1.82, 2.24) is 4.98 Å². The first kappa shape index (κ1) is 9.00. The van der Waals surface area contributed by atoms with E-state index < -0.39 is 0 Å². The molecule has 0 unspecified atom stereocenters. The van der Waals surface area contributed by atoms with Crippen LogP contribution in [0.5, 0.6) is 0 Å². The first-order valence-electron chi connectivity index (χ1n) is 4.00. The Hall–Kier alpha value is -1.09. The van der Waals surface area contributed by atoms with Gasteiger partial charge < -0.3 is 10.5 Å². The van der Waals surface area contributed by atoms with E-state index in [0.29, 0.717) is 12.3 Å². The average Bonchev–Trinajstić information content (AvgIpc) is 2.03. The molecule has 12 heavy (non-hydrogen) atoms. The van der Waals surface area contributed by atoms with E-state index in [-0.39, 0.29) is 6.10 Å². The normalized spacial score (nSPS) is 10.6. The number of rotatable bonds is 3. The second-order valence-corrected chi connectivity index (χ2v) is 2.93. The van der Waals surface area contributed by atoms with Gasteiger partial charge in [0.25, 0.3) is 0 Å². The Balaban J connectivity index is 2.57. The van der Waals surface area contributed by atoms with Gasteiger partial charge >= 0.3 is 0 Å². The van der Waals surface area contributed by atoms with Crippen molar-refractivity contribution in [3.8, 4) is 0 Å². The number of aromatic nitrogens is 1. The molecule has 0 radical (unpaired) electrons. The minimum Gasteiger partial charge on any atom is -0.397 e. The predicted molar refractivity (Wildman–Crippen MR) is 48.6 cm³/mol. The minimum atomic E-state index is 0.234. The van der Waals surface area contributed by atoms with Gasteiger partial charge in [-0.05, 0) is 19.9 Å². The Bertz CT molecular complexity index is 248. The Labute approximate surface area is 72.6 Å². The summed E-state index contributed by atoms with van der Waals surface area (Å²) in [6, 6.07) is 1.87. The van der Waals surface area contributed by atoms with Gasteiger partial charge in [-0.1, -0.05) is 0 Å². The molecule has 1 aromatic heterocycles. The lowest BCUT2D eigenvalue weighted by molar-refractivity contribution is 0.0660. The first-order chi connectivity index (χ1) is 5.70. The molecule has 0 aliphatic heterocycles. The number of nitrogens with two attached hydrogens (primary N) is 1. The Kier molecular flexibility index (Phi) is 3.05. The van der Waals surface area contributed by atoms with Crippen LogP contribution in [-0.2, 0) is 11.3 Å². The molecule has 0 saturated heterocycles. The predicted octanol–water partition coefficient (Wildman–Crippen LogP) is 1.59. The summed E-state index contributed by atoms with van der Waals surface area (Å²) in [7, 11) is 0. The van der Waals surface area contributed by atoms with E-state index in [9.17, 15) is 0 Å². The van der Waals surface area contributed by atoms with E-state index >= 15 is 0 Å². The van der Waals surface area contributed by atoms with Crippen molar-refractivity contribution in [2.75, 3.05) is 5.73 Å². The lowest BCUT2D eigenvalue weighted by atomic mass is 10.2. The summed E-state index contributed by atoms with van der Waals surface area (Å²) in [5, 5.41) is 0. The topological polar surface area (TPSA) is 48.1 Å². The van der Waals surface area contributed by atoms with Crippen molar-refractivity contribution in [2.24, 2.45) is 0 Å². The third kappa shape index (κ3) is 2.51. The summed E-state index contributed by atoms with van der Waals surface area (Å²) < 4.78 is 5.40.